The highest BCUT2D eigenvalue weighted by molar-refractivity contribution is 7.87. The molecule has 3 rings (SSSR count). The summed E-state index contributed by atoms with van der Waals surface area (Å²) in [4.78, 5) is 25.5. The summed E-state index contributed by atoms with van der Waals surface area (Å²) in [5, 5.41) is 14.1. The summed E-state index contributed by atoms with van der Waals surface area (Å²) in [6.07, 6.45) is -0.141. The molecule has 2 unspecified atom stereocenters. The Morgan fingerprint density at radius 1 is 1.27 bits per heavy atom. The Kier molecular flexibility index (Phi) is 7.27. The first-order valence-electron chi connectivity index (χ1n) is 9.81. The zero-order valence-corrected chi connectivity index (χ0v) is 18.6. The molecule has 33 heavy (non-hydrogen) atoms. The fourth-order valence-electron chi connectivity index (χ4n) is 3.29. The number of nitriles is 1. The number of carbonyl (C=O) groups is 2. The number of hydrogen-bond donors (Lipinski definition) is 3. The van der Waals surface area contributed by atoms with Gasteiger partial charge in [0.25, 0.3) is 10.2 Å². The molecular formula is C21H22FN5O5S. The molecule has 2 aromatic carbocycles. The maximum Gasteiger partial charge on any atom is 0.280 e. The van der Waals surface area contributed by atoms with Crippen LogP contribution in [0.15, 0.2) is 42.5 Å². The van der Waals surface area contributed by atoms with Crippen molar-refractivity contribution in [1.82, 2.24) is 14.3 Å². The number of likely N-dealkylation sites (N-methyl/N-ethyl adjacent to an activating group) is 1. The smallest absolute Gasteiger partial charge is 0.280 e. The zero-order chi connectivity index (χ0) is 24.2. The minimum Gasteiger partial charge on any atom is -0.497 e. The van der Waals surface area contributed by atoms with Crippen molar-refractivity contribution in [3.05, 3.63) is 59.4 Å². The largest absolute Gasteiger partial charge is 0.497 e. The van der Waals surface area contributed by atoms with Gasteiger partial charge in [0.15, 0.2) is 0 Å². The molecule has 3 N–H and O–H groups in total. The number of halogens is 1. The third kappa shape index (κ3) is 5.64. The average Bonchev–Trinajstić information content (AvgIpc) is 2.80. The molecule has 174 valence electrons. The van der Waals surface area contributed by atoms with Gasteiger partial charge in [-0.1, -0.05) is 12.1 Å². The van der Waals surface area contributed by atoms with E-state index in [1.807, 2.05) is 0 Å². The van der Waals surface area contributed by atoms with Crippen molar-refractivity contribution in [2.75, 3.05) is 19.5 Å². The molecule has 1 fully saturated rings. The molecular weight excluding hydrogens is 453 g/mol. The summed E-state index contributed by atoms with van der Waals surface area (Å²) < 4.78 is 46.8. The van der Waals surface area contributed by atoms with E-state index in [-0.39, 0.29) is 24.2 Å². The highest BCUT2D eigenvalue weighted by atomic mass is 32.2. The quantitative estimate of drug-likeness (QED) is 0.566. The van der Waals surface area contributed by atoms with Crippen LogP contribution in [0.2, 0.25) is 0 Å². The number of methoxy groups -OCH3 is 1. The maximum absolute atomic E-state index is 13.5. The Labute approximate surface area is 190 Å². The SMILES string of the molecule is COc1cccc(CNC(=O)C2CC(C(=O)Nc3ccc(F)c(C#N)c3)N(C)S(=O)(=O)N2)c1. The van der Waals surface area contributed by atoms with E-state index in [2.05, 4.69) is 15.4 Å². The zero-order valence-electron chi connectivity index (χ0n) is 17.8. The van der Waals surface area contributed by atoms with Gasteiger partial charge in [-0.25, -0.2) is 4.39 Å². The van der Waals surface area contributed by atoms with Crippen molar-refractivity contribution in [3.8, 4) is 11.8 Å². The Hall–Kier alpha value is -3.53. The lowest BCUT2D eigenvalue weighted by molar-refractivity contribution is -0.124. The standard InChI is InChI=1S/C21H22FN5O5S/c1-27-19(21(29)25-15-6-7-17(22)14(9-15)11-23)10-18(26-33(27,30)31)20(28)24-12-13-4-3-5-16(8-13)32-2/h3-9,18-19,26H,10,12H2,1-2H3,(H,24,28)(H,25,29). The third-order valence-electron chi connectivity index (χ3n) is 5.14. The molecule has 0 radical (unpaired) electrons. The number of rotatable bonds is 6. The number of carbonyl (C=O) groups excluding carboxylic acids is 2. The minimum absolute atomic E-state index is 0.126. The van der Waals surface area contributed by atoms with E-state index in [0.717, 1.165) is 22.0 Å². The van der Waals surface area contributed by atoms with Gasteiger partial charge in [0.05, 0.1) is 12.7 Å². The summed E-state index contributed by atoms with van der Waals surface area (Å²) in [5.41, 5.74) is 0.604. The van der Waals surface area contributed by atoms with Crippen LogP contribution in [0.25, 0.3) is 0 Å². The van der Waals surface area contributed by atoms with Crippen LogP contribution in [-0.2, 0) is 26.3 Å². The van der Waals surface area contributed by atoms with E-state index in [1.54, 1.807) is 30.3 Å². The second kappa shape index (κ2) is 9.95. The van der Waals surface area contributed by atoms with Crippen LogP contribution in [0.5, 0.6) is 5.75 Å². The van der Waals surface area contributed by atoms with Crippen molar-refractivity contribution in [2.45, 2.75) is 25.0 Å². The normalized spacial score (nSPS) is 19.8. The Morgan fingerprint density at radius 3 is 2.73 bits per heavy atom. The van der Waals surface area contributed by atoms with Gasteiger partial charge in [0, 0.05) is 19.3 Å². The van der Waals surface area contributed by atoms with Crippen molar-refractivity contribution < 1.29 is 27.1 Å². The molecule has 2 aromatic rings. The van der Waals surface area contributed by atoms with Crippen LogP contribution < -0.4 is 20.1 Å². The first kappa shape index (κ1) is 24.1. The van der Waals surface area contributed by atoms with Gasteiger partial charge in [0.2, 0.25) is 11.8 Å². The molecule has 1 saturated heterocycles. The lowest BCUT2D eigenvalue weighted by Gasteiger charge is -2.35. The number of ether oxygens (including phenoxy) is 1. The first-order chi connectivity index (χ1) is 15.6. The number of nitrogens with zero attached hydrogens (tertiary/aromatic N) is 2. The van der Waals surface area contributed by atoms with Crippen LogP contribution in [0.3, 0.4) is 0 Å². The van der Waals surface area contributed by atoms with E-state index in [4.69, 9.17) is 10.00 Å². The number of hydrogen-bond acceptors (Lipinski definition) is 6. The van der Waals surface area contributed by atoms with Gasteiger partial charge < -0.3 is 15.4 Å². The van der Waals surface area contributed by atoms with Gasteiger partial charge in [-0.3, -0.25) is 9.59 Å². The Balaban J connectivity index is 1.71. The minimum atomic E-state index is -4.13. The van der Waals surface area contributed by atoms with E-state index in [1.165, 1.54) is 20.2 Å². The average molecular weight is 476 g/mol. The molecule has 1 aliphatic rings. The van der Waals surface area contributed by atoms with Crippen LogP contribution in [0.1, 0.15) is 17.5 Å². The van der Waals surface area contributed by atoms with Crippen LogP contribution in [0, 0.1) is 17.1 Å². The topological polar surface area (TPSA) is 141 Å². The van der Waals surface area contributed by atoms with E-state index < -0.39 is 39.9 Å². The van der Waals surface area contributed by atoms with Crippen molar-refractivity contribution >= 4 is 27.7 Å². The fourth-order valence-corrected chi connectivity index (χ4v) is 4.54. The number of nitrogens with one attached hydrogen (secondary N) is 3. The van der Waals surface area contributed by atoms with Crippen LogP contribution in [0.4, 0.5) is 10.1 Å². The molecule has 2 amide bonds. The highest BCUT2D eigenvalue weighted by Gasteiger charge is 2.42. The van der Waals surface area contributed by atoms with Gasteiger partial charge in [-0.2, -0.15) is 22.7 Å². The van der Waals surface area contributed by atoms with Gasteiger partial charge >= 0.3 is 0 Å². The first-order valence-corrected chi connectivity index (χ1v) is 11.2. The number of amides is 2. The lowest BCUT2D eigenvalue weighted by Crippen LogP contribution is -2.62. The molecule has 0 aliphatic carbocycles. The van der Waals surface area contributed by atoms with Crippen molar-refractivity contribution in [2.24, 2.45) is 0 Å². The van der Waals surface area contributed by atoms with Gasteiger partial charge in [0.1, 0.15) is 29.7 Å². The monoisotopic (exact) mass is 475 g/mol. The highest BCUT2D eigenvalue weighted by Crippen LogP contribution is 2.21. The van der Waals surface area contributed by atoms with E-state index in [0.29, 0.717) is 5.75 Å². The molecule has 2 atom stereocenters. The molecule has 0 bridgehead atoms. The summed E-state index contributed by atoms with van der Waals surface area (Å²) >= 11 is 0. The molecule has 10 nitrogen and oxygen atoms in total. The van der Waals surface area contributed by atoms with Gasteiger partial charge in [-0.05, 0) is 42.3 Å². The number of anilines is 1. The third-order valence-corrected chi connectivity index (χ3v) is 6.74. The summed E-state index contributed by atoms with van der Waals surface area (Å²) in [5.74, 6) is -1.45. The second-order valence-corrected chi connectivity index (χ2v) is 9.07. The molecule has 0 spiro atoms. The second-order valence-electron chi connectivity index (χ2n) is 7.31. The summed E-state index contributed by atoms with van der Waals surface area (Å²) in [7, 11) is -1.40. The van der Waals surface area contributed by atoms with E-state index in [9.17, 15) is 22.4 Å². The summed E-state index contributed by atoms with van der Waals surface area (Å²) in [6, 6.07) is 9.69. The lowest BCUT2D eigenvalue weighted by atomic mass is 10.1. The molecule has 12 heteroatoms. The fraction of sp³-hybridized carbons (Fsp3) is 0.286. The molecule has 0 aromatic heterocycles. The predicted molar refractivity (Wildman–Crippen MR) is 117 cm³/mol. The molecule has 1 heterocycles. The summed E-state index contributed by atoms with van der Waals surface area (Å²) in [6.45, 7) is 0.132. The maximum atomic E-state index is 13.5. The van der Waals surface area contributed by atoms with E-state index >= 15 is 0 Å². The predicted octanol–water partition coefficient (Wildman–Crippen LogP) is 0.868. The van der Waals surface area contributed by atoms with Crippen LogP contribution >= 0.6 is 0 Å². The van der Waals surface area contributed by atoms with Crippen molar-refractivity contribution in [1.29, 1.82) is 5.26 Å². The molecule has 0 saturated carbocycles. The molecule has 1 aliphatic heterocycles. The number of benzene rings is 2. The van der Waals surface area contributed by atoms with Crippen LogP contribution in [-0.4, -0.2) is 50.8 Å². The van der Waals surface area contributed by atoms with Gasteiger partial charge in [-0.15, -0.1) is 0 Å². The Morgan fingerprint density at radius 2 is 2.03 bits per heavy atom. The Bertz CT molecular complexity index is 1210. The van der Waals surface area contributed by atoms with Crippen molar-refractivity contribution in [3.63, 3.8) is 0 Å².